The number of methoxy groups -OCH3 is 2. The van der Waals surface area contributed by atoms with Crippen LogP contribution in [0.15, 0.2) is 0 Å². The molecule has 2 nitrogen and oxygen atoms in total. The third kappa shape index (κ3) is 7.73. The highest BCUT2D eigenvalue weighted by molar-refractivity contribution is 4.86. The highest BCUT2D eigenvalue weighted by atomic mass is 19.3. The Kier molecular flexibility index (Phi) is 10.1. The van der Waals surface area contributed by atoms with Gasteiger partial charge in [0.1, 0.15) is 0 Å². The smallest absolute Gasteiger partial charge is 0.253 e. The zero-order chi connectivity index (χ0) is 21.4. The second kappa shape index (κ2) is 11.0. The van der Waals surface area contributed by atoms with E-state index in [2.05, 4.69) is 0 Å². The Morgan fingerprint density at radius 1 is 0.893 bits per heavy atom. The fraction of sp³-hybridized carbons (Fsp3) is 1.00. The van der Waals surface area contributed by atoms with Crippen LogP contribution in [0, 0.1) is 11.8 Å². The van der Waals surface area contributed by atoms with Crippen molar-refractivity contribution in [3.05, 3.63) is 0 Å². The summed E-state index contributed by atoms with van der Waals surface area (Å²) in [6.07, 6.45) is -1.22. The molecule has 0 spiro atoms. The summed E-state index contributed by atoms with van der Waals surface area (Å²) in [4.78, 5) is 0. The van der Waals surface area contributed by atoms with Crippen LogP contribution < -0.4 is 0 Å². The van der Waals surface area contributed by atoms with Gasteiger partial charge >= 0.3 is 0 Å². The highest BCUT2D eigenvalue weighted by Crippen LogP contribution is 2.42. The molecular formula is C20H34F6O2. The van der Waals surface area contributed by atoms with Crippen molar-refractivity contribution in [1.29, 1.82) is 0 Å². The van der Waals surface area contributed by atoms with E-state index in [4.69, 9.17) is 9.47 Å². The molecule has 168 valence electrons. The molecule has 1 saturated carbocycles. The van der Waals surface area contributed by atoms with E-state index in [-0.39, 0.29) is 25.2 Å². The fourth-order valence-electron chi connectivity index (χ4n) is 4.22. The summed E-state index contributed by atoms with van der Waals surface area (Å²) in [5.41, 5.74) is 0. The molecule has 1 aliphatic rings. The van der Waals surface area contributed by atoms with Crippen LogP contribution >= 0.6 is 0 Å². The highest BCUT2D eigenvalue weighted by Gasteiger charge is 2.47. The lowest BCUT2D eigenvalue weighted by Crippen LogP contribution is -2.46. The Bertz CT molecular complexity index is 434. The number of rotatable bonds is 13. The Hall–Kier alpha value is -0.500. The van der Waals surface area contributed by atoms with Gasteiger partial charge in [-0.05, 0) is 18.8 Å². The van der Waals surface area contributed by atoms with Crippen LogP contribution in [0.5, 0.6) is 0 Å². The number of ether oxygens (including phenoxy) is 2. The number of halogens is 6. The third-order valence-electron chi connectivity index (χ3n) is 5.97. The third-order valence-corrected chi connectivity index (χ3v) is 5.97. The predicted molar refractivity (Wildman–Crippen MR) is 96.1 cm³/mol. The standard InChI is InChI=1S/C20H34F6O2/c1-4-18(23,24)14-19(25,26)11-8-12-20(27-2,28-3)16(17(21)22)13-15-9-6-5-7-10-15/h15-17H,4-14H2,1-3H3. The molecule has 0 saturated heterocycles. The minimum Gasteiger partial charge on any atom is -0.353 e. The first kappa shape index (κ1) is 25.5. The van der Waals surface area contributed by atoms with Crippen molar-refractivity contribution in [3.63, 3.8) is 0 Å². The Morgan fingerprint density at radius 3 is 1.93 bits per heavy atom. The van der Waals surface area contributed by atoms with Crippen molar-refractivity contribution in [1.82, 2.24) is 0 Å². The first-order valence-electron chi connectivity index (χ1n) is 10.1. The molecule has 0 aromatic carbocycles. The lowest BCUT2D eigenvalue weighted by atomic mass is 9.79. The van der Waals surface area contributed by atoms with Gasteiger partial charge in [-0.25, -0.2) is 26.3 Å². The lowest BCUT2D eigenvalue weighted by Gasteiger charge is -2.40. The van der Waals surface area contributed by atoms with Crippen molar-refractivity contribution in [2.45, 2.75) is 102 Å². The molecule has 0 N–H and O–H groups in total. The molecule has 0 aromatic heterocycles. The maximum Gasteiger partial charge on any atom is 0.253 e. The zero-order valence-corrected chi connectivity index (χ0v) is 17.1. The Morgan fingerprint density at radius 2 is 1.46 bits per heavy atom. The van der Waals surface area contributed by atoms with Crippen LogP contribution in [-0.2, 0) is 9.47 Å². The first-order chi connectivity index (χ1) is 13.0. The van der Waals surface area contributed by atoms with Gasteiger partial charge in [0.25, 0.3) is 11.8 Å². The van der Waals surface area contributed by atoms with Crippen molar-refractivity contribution in [3.8, 4) is 0 Å². The average Bonchev–Trinajstić information content (AvgIpc) is 2.63. The second-order valence-corrected chi connectivity index (χ2v) is 8.00. The van der Waals surface area contributed by atoms with E-state index in [1.807, 2.05) is 0 Å². The van der Waals surface area contributed by atoms with E-state index in [1.54, 1.807) is 0 Å². The molecule has 0 heterocycles. The summed E-state index contributed by atoms with van der Waals surface area (Å²) in [6.45, 7) is 1.15. The van der Waals surface area contributed by atoms with Gasteiger partial charge in [-0.1, -0.05) is 39.0 Å². The number of alkyl halides is 6. The minimum atomic E-state index is -3.57. The van der Waals surface area contributed by atoms with Gasteiger partial charge in [0, 0.05) is 33.5 Å². The maximum atomic E-state index is 13.9. The molecule has 1 unspecified atom stereocenters. The van der Waals surface area contributed by atoms with Gasteiger partial charge in [0.2, 0.25) is 6.43 Å². The Labute approximate surface area is 164 Å². The van der Waals surface area contributed by atoms with Gasteiger partial charge in [-0.15, -0.1) is 0 Å². The molecule has 1 atom stereocenters. The fourth-order valence-corrected chi connectivity index (χ4v) is 4.22. The second-order valence-electron chi connectivity index (χ2n) is 8.00. The molecular weight excluding hydrogens is 386 g/mol. The van der Waals surface area contributed by atoms with Crippen LogP contribution in [0.2, 0.25) is 0 Å². The molecule has 0 bridgehead atoms. The quantitative estimate of drug-likeness (QED) is 0.234. The van der Waals surface area contributed by atoms with Crippen LogP contribution in [0.1, 0.15) is 77.6 Å². The van der Waals surface area contributed by atoms with E-state index in [0.717, 1.165) is 39.0 Å². The zero-order valence-electron chi connectivity index (χ0n) is 17.1. The monoisotopic (exact) mass is 420 g/mol. The predicted octanol–water partition coefficient (Wildman–Crippen LogP) is 7.07. The molecule has 28 heavy (non-hydrogen) atoms. The van der Waals surface area contributed by atoms with E-state index in [1.165, 1.54) is 14.2 Å². The average molecular weight is 420 g/mol. The normalized spacial score (nSPS) is 18.6. The van der Waals surface area contributed by atoms with E-state index >= 15 is 0 Å². The largest absolute Gasteiger partial charge is 0.353 e. The molecule has 1 rings (SSSR count). The van der Waals surface area contributed by atoms with Crippen molar-refractivity contribution < 1.29 is 35.8 Å². The summed E-state index contributed by atoms with van der Waals surface area (Å²) < 4.78 is 92.7. The van der Waals surface area contributed by atoms with E-state index in [0.29, 0.717) is 0 Å². The van der Waals surface area contributed by atoms with E-state index in [9.17, 15) is 26.3 Å². The summed E-state index contributed by atoms with van der Waals surface area (Å²) in [7, 11) is 2.45. The van der Waals surface area contributed by atoms with Crippen molar-refractivity contribution >= 4 is 0 Å². The molecule has 0 aliphatic heterocycles. The molecule has 0 aromatic rings. The minimum absolute atomic E-state index is 0.127. The van der Waals surface area contributed by atoms with Gasteiger partial charge < -0.3 is 9.47 Å². The topological polar surface area (TPSA) is 18.5 Å². The van der Waals surface area contributed by atoms with E-state index < -0.39 is 49.2 Å². The van der Waals surface area contributed by atoms with Crippen molar-refractivity contribution in [2.24, 2.45) is 11.8 Å². The number of hydrogen-bond donors (Lipinski definition) is 0. The summed E-state index contributed by atoms with van der Waals surface area (Å²) in [6, 6.07) is 0. The summed E-state index contributed by atoms with van der Waals surface area (Å²) >= 11 is 0. The Balaban J connectivity index is 2.78. The van der Waals surface area contributed by atoms with Crippen LogP contribution in [0.25, 0.3) is 0 Å². The molecule has 1 aliphatic carbocycles. The van der Waals surface area contributed by atoms with Gasteiger partial charge in [0.05, 0.1) is 12.3 Å². The molecule has 0 radical (unpaired) electrons. The van der Waals surface area contributed by atoms with Gasteiger partial charge in [-0.2, -0.15) is 0 Å². The first-order valence-corrected chi connectivity index (χ1v) is 10.1. The SMILES string of the molecule is CCC(F)(F)CC(F)(F)CCCC(OC)(OC)C(CC1CCCCC1)C(F)F. The van der Waals surface area contributed by atoms with Gasteiger partial charge in [-0.3, -0.25) is 0 Å². The summed E-state index contributed by atoms with van der Waals surface area (Å²) in [5, 5.41) is 0. The summed E-state index contributed by atoms with van der Waals surface area (Å²) in [5.74, 6) is -9.85. The maximum absolute atomic E-state index is 13.9. The molecule has 1 fully saturated rings. The number of hydrogen-bond acceptors (Lipinski definition) is 2. The van der Waals surface area contributed by atoms with Crippen LogP contribution in [0.3, 0.4) is 0 Å². The lowest BCUT2D eigenvalue weighted by molar-refractivity contribution is -0.269. The van der Waals surface area contributed by atoms with Crippen LogP contribution in [0.4, 0.5) is 26.3 Å². The van der Waals surface area contributed by atoms with Gasteiger partial charge in [0.15, 0.2) is 5.79 Å². The van der Waals surface area contributed by atoms with Crippen LogP contribution in [-0.4, -0.2) is 38.3 Å². The molecule has 0 amide bonds. The van der Waals surface area contributed by atoms with Crippen molar-refractivity contribution in [2.75, 3.05) is 14.2 Å². The molecule has 8 heteroatoms.